The molecule has 2 rings (SSSR count). The number of non-ortho nitro benzene ring substituents is 1. The van der Waals surface area contributed by atoms with Crippen molar-refractivity contribution in [3.05, 3.63) is 28.3 Å². The number of benzene rings is 1. The Balaban J connectivity index is 2.33. The van der Waals surface area contributed by atoms with E-state index in [9.17, 15) is 20.0 Å². The molecule has 1 aromatic rings. The van der Waals surface area contributed by atoms with Gasteiger partial charge in [0.05, 0.1) is 16.7 Å². The largest absolute Gasteiger partial charge is 0.505 e. The number of rotatable bonds is 2. The molecule has 1 atom stereocenters. The summed E-state index contributed by atoms with van der Waals surface area (Å²) < 4.78 is 0. The van der Waals surface area contributed by atoms with Crippen molar-refractivity contribution in [3.8, 4) is 18.1 Å². The standard InChI is InChI=1S/C12H10N2O4/c1-2-8-5-12(16)13(7-8)10-4-3-9(14(17)18)6-11(10)15/h1,3-4,6,8,15H,5,7H2. The number of aromatic hydroxyl groups is 1. The fourth-order valence-electron chi connectivity index (χ4n) is 1.91. The van der Waals surface area contributed by atoms with Crippen LogP contribution >= 0.6 is 0 Å². The predicted octanol–water partition coefficient (Wildman–Crippen LogP) is 1.29. The van der Waals surface area contributed by atoms with Crippen molar-refractivity contribution < 1.29 is 14.8 Å². The van der Waals surface area contributed by atoms with Crippen molar-refractivity contribution in [1.29, 1.82) is 0 Å². The van der Waals surface area contributed by atoms with Crippen LogP contribution in [0.2, 0.25) is 0 Å². The van der Waals surface area contributed by atoms with Gasteiger partial charge in [0.1, 0.15) is 5.75 Å². The van der Waals surface area contributed by atoms with Crippen molar-refractivity contribution in [1.82, 2.24) is 0 Å². The molecule has 6 nitrogen and oxygen atoms in total. The number of hydrogen-bond acceptors (Lipinski definition) is 4. The van der Waals surface area contributed by atoms with Crippen molar-refractivity contribution in [2.24, 2.45) is 5.92 Å². The van der Waals surface area contributed by atoms with E-state index in [-0.39, 0.29) is 35.4 Å². The Morgan fingerprint density at radius 1 is 1.56 bits per heavy atom. The number of nitrogens with zero attached hydrogens (tertiary/aromatic N) is 2. The second-order valence-electron chi connectivity index (χ2n) is 4.00. The molecule has 18 heavy (non-hydrogen) atoms. The molecule has 0 radical (unpaired) electrons. The first-order valence-electron chi connectivity index (χ1n) is 5.27. The molecule has 6 heteroatoms. The highest BCUT2D eigenvalue weighted by Gasteiger charge is 2.31. The Kier molecular flexibility index (Phi) is 2.90. The van der Waals surface area contributed by atoms with Gasteiger partial charge in [0.2, 0.25) is 5.91 Å². The third-order valence-corrected chi connectivity index (χ3v) is 2.82. The lowest BCUT2D eigenvalue weighted by Crippen LogP contribution is -2.24. The first-order valence-corrected chi connectivity index (χ1v) is 5.27. The van der Waals surface area contributed by atoms with Crippen molar-refractivity contribution in [2.45, 2.75) is 6.42 Å². The van der Waals surface area contributed by atoms with Gasteiger partial charge in [-0.3, -0.25) is 14.9 Å². The normalized spacial score (nSPS) is 18.7. The molecule has 1 saturated heterocycles. The minimum atomic E-state index is -0.612. The SMILES string of the molecule is C#CC1CC(=O)N(c2ccc([N+](=O)[O-])cc2O)C1. The summed E-state index contributed by atoms with van der Waals surface area (Å²) in [5, 5.41) is 20.3. The smallest absolute Gasteiger partial charge is 0.273 e. The van der Waals surface area contributed by atoms with Crippen LogP contribution in [0.25, 0.3) is 0 Å². The van der Waals surface area contributed by atoms with Gasteiger partial charge in [-0.05, 0) is 6.07 Å². The molecule has 0 aliphatic carbocycles. The maximum absolute atomic E-state index is 11.7. The number of phenols is 1. The summed E-state index contributed by atoms with van der Waals surface area (Å²) in [6.07, 6.45) is 5.49. The number of terminal acetylenes is 1. The lowest BCUT2D eigenvalue weighted by atomic mass is 10.1. The van der Waals surface area contributed by atoms with E-state index in [1.165, 1.54) is 17.0 Å². The molecule has 1 N–H and O–H groups in total. The first-order chi connectivity index (χ1) is 8.52. The maximum Gasteiger partial charge on any atom is 0.273 e. The molecule has 1 aliphatic heterocycles. The highest BCUT2D eigenvalue weighted by Crippen LogP contribution is 2.34. The van der Waals surface area contributed by atoms with Gasteiger partial charge in [-0.25, -0.2) is 0 Å². The molecule has 1 aromatic carbocycles. The second kappa shape index (κ2) is 4.37. The second-order valence-corrected chi connectivity index (χ2v) is 4.00. The zero-order chi connectivity index (χ0) is 13.3. The zero-order valence-electron chi connectivity index (χ0n) is 9.37. The average molecular weight is 246 g/mol. The van der Waals surface area contributed by atoms with Gasteiger partial charge in [0, 0.05) is 24.9 Å². The minimum Gasteiger partial charge on any atom is -0.505 e. The van der Waals surface area contributed by atoms with Gasteiger partial charge < -0.3 is 10.0 Å². The van der Waals surface area contributed by atoms with Gasteiger partial charge >= 0.3 is 0 Å². The molecule has 0 spiro atoms. The molecular formula is C12H10N2O4. The predicted molar refractivity (Wildman–Crippen MR) is 64.1 cm³/mol. The molecule has 1 heterocycles. The quantitative estimate of drug-likeness (QED) is 0.484. The van der Waals surface area contributed by atoms with E-state index in [4.69, 9.17) is 6.42 Å². The number of phenolic OH excluding ortho intramolecular Hbond substituents is 1. The molecule has 1 amide bonds. The summed E-state index contributed by atoms with van der Waals surface area (Å²) in [7, 11) is 0. The van der Waals surface area contributed by atoms with E-state index in [1.807, 2.05) is 0 Å². The van der Waals surface area contributed by atoms with Crippen LogP contribution in [0, 0.1) is 28.4 Å². The molecule has 1 unspecified atom stereocenters. The van der Waals surface area contributed by atoms with E-state index >= 15 is 0 Å². The van der Waals surface area contributed by atoms with Gasteiger partial charge in [0.15, 0.2) is 0 Å². The average Bonchev–Trinajstić information content (AvgIpc) is 2.70. The van der Waals surface area contributed by atoms with Crippen LogP contribution in [0.3, 0.4) is 0 Å². The number of anilines is 1. The Bertz CT molecular complexity index is 562. The van der Waals surface area contributed by atoms with Crippen LogP contribution < -0.4 is 4.90 Å². The summed E-state index contributed by atoms with van der Waals surface area (Å²) in [4.78, 5) is 23.0. The number of carbonyl (C=O) groups is 1. The number of amides is 1. The zero-order valence-corrected chi connectivity index (χ0v) is 9.37. The molecule has 1 fully saturated rings. The summed E-state index contributed by atoms with van der Waals surface area (Å²) in [5.74, 6) is 1.81. The summed E-state index contributed by atoms with van der Waals surface area (Å²) in [6, 6.07) is 3.61. The lowest BCUT2D eigenvalue weighted by molar-refractivity contribution is -0.384. The number of nitro groups is 1. The van der Waals surface area contributed by atoms with Crippen LogP contribution in [0.1, 0.15) is 6.42 Å². The minimum absolute atomic E-state index is 0.188. The molecule has 0 bridgehead atoms. The third kappa shape index (κ3) is 1.98. The maximum atomic E-state index is 11.7. The Morgan fingerprint density at radius 3 is 2.78 bits per heavy atom. The van der Waals surface area contributed by atoms with E-state index in [0.29, 0.717) is 6.54 Å². The van der Waals surface area contributed by atoms with Gasteiger partial charge in [-0.15, -0.1) is 12.3 Å². The lowest BCUT2D eigenvalue weighted by Gasteiger charge is -2.16. The summed E-state index contributed by atoms with van der Waals surface area (Å²) >= 11 is 0. The fraction of sp³-hybridized carbons (Fsp3) is 0.250. The first kappa shape index (κ1) is 11.9. The fourth-order valence-corrected chi connectivity index (χ4v) is 1.91. The molecule has 92 valence electrons. The van der Waals surface area contributed by atoms with Crippen LogP contribution in [0.15, 0.2) is 18.2 Å². The highest BCUT2D eigenvalue weighted by molar-refractivity contribution is 5.97. The Morgan fingerprint density at radius 2 is 2.28 bits per heavy atom. The van der Waals surface area contributed by atoms with Crippen molar-refractivity contribution in [2.75, 3.05) is 11.4 Å². The Hall–Kier alpha value is -2.55. The number of carbonyl (C=O) groups excluding carboxylic acids is 1. The van der Waals surface area contributed by atoms with Gasteiger partial charge in [0.25, 0.3) is 5.69 Å². The van der Waals surface area contributed by atoms with E-state index in [2.05, 4.69) is 5.92 Å². The monoisotopic (exact) mass is 246 g/mol. The molecular weight excluding hydrogens is 236 g/mol. The van der Waals surface area contributed by atoms with Crippen LogP contribution in [-0.4, -0.2) is 22.5 Å². The molecule has 1 aliphatic rings. The van der Waals surface area contributed by atoms with E-state index < -0.39 is 4.92 Å². The molecule has 0 aromatic heterocycles. The van der Waals surface area contributed by atoms with E-state index in [1.54, 1.807) is 0 Å². The summed E-state index contributed by atoms with van der Waals surface area (Å²) in [6.45, 7) is 0.320. The van der Waals surface area contributed by atoms with Crippen LogP contribution in [-0.2, 0) is 4.79 Å². The van der Waals surface area contributed by atoms with Gasteiger partial charge in [-0.2, -0.15) is 0 Å². The number of nitro benzene ring substituents is 1. The third-order valence-electron chi connectivity index (χ3n) is 2.82. The van der Waals surface area contributed by atoms with E-state index in [0.717, 1.165) is 6.07 Å². The molecule has 0 saturated carbocycles. The van der Waals surface area contributed by atoms with Crippen LogP contribution in [0.5, 0.6) is 5.75 Å². The van der Waals surface area contributed by atoms with Crippen LogP contribution in [0.4, 0.5) is 11.4 Å². The Labute approximate surface area is 103 Å². The highest BCUT2D eigenvalue weighted by atomic mass is 16.6. The van der Waals surface area contributed by atoms with Crippen molar-refractivity contribution >= 4 is 17.3 Å². The topological polar surface area (TPSA) is 83.7 Å². The van der Waals surface area contributed by atoms with Crippen molar-refractivity contribution in [3.63, 3.8) is 0 Å². The summed E-state index contributed by atoms with van der Waals surface area (Å²) in [5.41, 5.74) is 0.0275. The number of hydrogen-bond donors (Lipinski definition) is 1. The van der Waals surface area contributed by atoms with Gasteiger partial charge in [-0.1, -0.05) is 0 Å².